The van der Waals surface area contributed by atoms with Gasteiger partial charge in [0.2, 0.25) is 5.89 Å². The summed E-state index contributed by atoms with van der Waals surface area (Å²) < 4.78 is 16.2. The highest BCUT2D eigenvalue weighted by molar-refractivity contribution is 5.95. The fraction of sp³-hybridized carbons (Fsp3) is 0.471. The summed E-state index contributed by atoms with van der Waals surface area (Å²) in [5.74, 6) is 2.16. The van der Waals surface area contributed by atoms with Gasteiger partial charge in [-0.2, -0.15) is 4.98 Å². The highest BCUT2D eigenvalue weighted by Crippen LogP contribution is 2.38. The molecule has 2 heterocycles. The molecule has 126 valence electrons. The summed E-state index contributed by atoms with van der Waals surface area (Å²) in [6, 6.07) is 5.23. The average Bonchev–Trinajstić information content (AvgIpc) is 3.24. The summed E-state index contributed by atoms with van der Waals surface area (Å²) >= 11 is 0. The molecule has 0 radical (unpaired) electrons. The molecule has 2 aliphatic rings. The number of carbonyl (C=O) groups excluding carboxylic acids is 1. The fourth-order valence-corrected chi connectivity index (χ4v) is 3.35. The second kappa shape index (κ2) is 5.81. The molecule has 24 heavy (non-hydrogen) atoms. The molecule has 1 aromatic heterocycles. The van der Waals surface area contributed by atoms with Crippen LogP contribution in [0.2, 0.25) is 0 Å². The van der Waals surface area contributed by atoms with Crippen molar-refractivity contribution in [3.8, 4) is 11.5 Å². The molecule has 1 aromatic carbocycles. The van der Waals surface area contributed by atoms with Crippen molar-refractivity contribution in [1.29, 1.82) is 0 Å². The van der Waals surface area contributed by atoms with Crippen LogP contribution < -0.4 is 14.8 Å². The minimum absolute atomic E-state index is 0.170. The second-order valence-electron chi connectivity index (χ2n) is 6.24. The summed E-state index contributed by atoms with van der Waals surface area (Å²) in [7, 11) is 0. The molecule has 1 saturated carbocycles. The van der Waals surface area contributed by atoms with Crippen LogP contribution >= 0.6 is 0 Å². The van der Waals surface area contributed by atoms with Crippen LogP contribution in [0, 0.1) is 6.92 Å². The number of hydrogen-bond donors (Lipinski definition) is 1. The van der Waals surface area contributed by atoms with Crippen molar-refractivity contribution in [3.63, 3.8) is 0 Å². The Morgan fingerprint density at radius 3 is 2.62 bits per heavy atom. The van der Waals surface area contributed by atoms with Crippen LogP contribution in [0.1, 0.15) is 47.8 Å². The molecule has 0 spiro atoms. The topological polar surface area (TPSA) is 86.5 Å². The zero-order chi connectivity index (χ0) is 16.6. The Morgan fingerprint density at radius 1 is 1.17 bits per heavy atom. The van der Waals surface area contributed by atoms with E-state index in [2.05, 4.69) is 15.5 Å². The third kappa shape index (κ3) is 2.60. The monoisotopic (exact) mass is 329 g/mol. The number of aromatic nitrogens is 2. The van der Waals surface area contributed by atoms with E-state index >= 15 is 0 Å². The summed E-state index contributed by atoms with van der Waals surface area (Å²) in [5, 5.41) is 7.17. The van der Waals surface area contributed by atoms with Crippen LogP contribution in [0.15, 0.2) is 22.7 Å². The van der Waals surface area contributed by atoms with Crippen LogP contribution in [0.4, 0.5) is 0 Å². The van der Waals surface area contributed by atoms with Gasteiger partial charge in [-0.3, -0.25) is 4.79 Å². The van der Waals surface area contributed by atoms with Crippen LogP contribution in [-0.4, -0.2) is 29.3 Å². The molecule has 1 aliphatic carbocycles. The van der Waals surface area contributed by atoms with Gasteiger partial charge in [0.15, 0.2) is 17.3 Å². The highest BCUT2D eigenvalue weighted by Gasteiger charge is 2.41. The molecule has 0 bridgehead atoms. The molecule has 0 saturated heterocycles. The van der Waals surface area contributed by atoms with Gasteiger partial charge in [-0.25, -0.2) is 0 Å². The lowest BCUT2D eigenvalue weighted by atomic mass is 9.95. The first-order chi connectivity index (χ1) is 11.7. The molecule has 1 fully saturated rings. The number of fused-ring (bicyclic) bond motifs is 1. The number of benzene rings is 1. The largest absolute Gasteiger partial charge is 0.486 e. The number of nitrogens with zero attached hydrogens (tertiary/aromatic N) is 2. The maximum absolute atomic E-state index is 12.8. The van der Waals surface area contributed by atoms with E-state index in [1.807, 2.05) is 0 Å². The van der Waals surface area contributed by atoms with Gasteiger partial charge in [-0.1, -0.05) is 18.0 Å². The quantitative estimate of drug-likeness (QED) is 0.930. The molecular weight excluding hydrogens is 310 g/mol. The molecule has 4 rings (SSSR count). The number of ether oxygens (including phenoxy) is 2. The number of nitrogens with one attached hydrogen (secondary N) is 1. The van der Waals surface area contributed by atoms with Crippen molar-refractivity contribution < 1.29 is 18.8 Å². The molecule has 0 atom stereocenters. The van der Waals surface area contributed by atoms with Crippen molar-refractivity contribution in [2.24, 2.45) is 0 Å². The van der Waals surface area contributed by atoms with E-state index in [1.165, 1.54) is 0 Å². The lowest BCUT2D eigenvalue weighted by molar-refractivity contribution is 0.0890. The Morgan fingerprint density at radius 2 is 1.92 bits per heavy atom. The number of carbonyl (C=O) groups is 1. The van der Waals surface area contributed by atoms with E-state index in [4.69, 9.17) is 14.0 Å². The molecule has 7 nitrogen and oxygen atoms in total. The van der Waals surface area contributed by atoms with Crippen LogP contribution in [-0.2, 0) is 5.54 Å². The fourth-order valence-electron chi connectivity index (χ4n) is 3.35. The zero-order valence-corrected chi connectivity index (χ0v) is 13.5. The predicted octanol–water partition coefficient (Wildman–Crippen LogP) is 2.35. The summed E-state index contributed by atoms with van der Waals surface area (Å²) in [6.45, 7) is 2.77. The maximum atomic E-state index is 12.8. The molecule has 7 heteroatoms. The van der Waals surface area contributed by atoms with Gasteiger partial charge in [0.1, 0.15) is 18.8 Å². The molecule has 2 aromatic rings. The Labute approximate surface area is 139 Å². The van der Waals surface area contributed by atoms with E-state index in [0.29, 0.717) is 42.0 Å². The Hall–Kier alpha value is -2.57. The minimum atomic E-state index is -0.553. The smallest absolute Gasteiger partial charge is 0.252 e. The predicted molar refractivity (Wildman–Crippen MR) is 84.1 cm³/mol. The van der Waals surface area contributed by atoms with Crippen molar-refractivity contribution >= 4 is 5.91 Å². The zero-order valence-electron chi connectivity index (χ0n) is 13.5. The van der Waals surface area contributed by atoms with Crippen molar-refractivity contribution in [2.75, 3.05) is 13.2 Å². The third-order valence-electron chi connectivity index (χ3n) is 4.57. The van der Waals surface area contributed by atoms with Gasteiger partial charge in [0.05, 0.1) is 0 Å². The van der Waals surface area contributed by atoms with E-state index in [-0.39, 0.29) is 5.91 Å². The maximum Gasteiger partial charge on any atom is 0.252 e. The Kier molecular flexibility index (Phi) is 3.63. The lowest BCUT2D eigenvalue weighted by Gasteiger charge is -2.27. The van der Waals surface area contributed by atoms with Gasteiger partial charge in [-0.15, -0.1) is 0 Å². The van der Waals surface area contributed by atoms with E-state index in [1.54, 1.807) is 25.1 Å². The van der Waals surface area contributed by atoms with Gasteiger partial charge < -0.3 is 19.3 Å². The van der Waals surface area contributed by atoms with Gasteiger partial charge in [-0.05, 0) is 31.0 Å². The molecular formula is C17H19N3O4. The first-order valence-electron chi connectivity index (χ1n) is 8.19. The summed E-state index contributed by atoms with van der Waals surface area (Å²) in [6.07, 6.45) is 3.66. The first-order valence-corrected chi connectivity index (χ1v) is 8.19. The standard InChI is InChI=1S/C17H19N3O4/c1-11-18-16(20-24-11)17(6-2-3-7-17)19-15(21)12-4-5-13-14(10-12)23-9-8-22-13/h4-5,10H,2-3,6-9H2,1H3,(H,19,21). The van der Waals surface area contributed by atoms with Gasteiger partial charge in [0, 0.05) is 12.5 Å². The van der Waals surface area contributed by atoms with E-state index < -0.39 is 5.54 Å². The van der Waals surface area contributed by atoms with Crippen LogP contribution in [0.25, 0.3) is 0 Å². The molecule has 0 unspecified atom stereocenters. The van der Waals surface area contributed by atoms with Gasteiger partial charge >= 0.3 is 0 Å². The van der Waals surface area contributed by atoms with Crippen molar-refractivity contribution in [3.05, 3.63) is 35.5 Å². The molecule has 1 aliphatic heterocycles. The Bertz CT molecular complexity index is 765. The van der Waals surface area contributed by atoms with Crippen LogP contribution in [0.3, 0.4) is 0 Å². The van der Waals surface area contributed by atoms with Crippen molar-refractivity contribution in [1.82, 2.24) is 15.5 Å². The third-order valence-corrected chi connectivity index (χ3v) is 4.57. The number of amides is 1. The van der Waals surface area contributed by atoms with E-state index in [0.717, 1.165) is 25.7 Å². The number of aryl methyl sites for hydroxylation is 1. The minimum Gasteiger partial charge on any atom is -0.486 e. The Balaban J connectivity index is 1.60. The van der Waals surface area contributed by atoms with Crippen LogP contribution in [0.5, 0.6) is 11.5 Å². The molecule has 1 amide bonds. The van der Waals surface area contributed by atoms with E-state index in [9.17, 15) is 4.79 Å². The normalized spacial score (nSPS) is 18.4. The van der Waals surface area contributed by atoms with Crippen molar-refractivity contribution in [2.45, 2.75) is 38.1 Å². The second-order valence-corrected chi connectivity index (χ2v) is 6.24. The first kappa shape index (κ1) is 15.0. The SMILES string of the molecule is Cc1nc(C2(NC(=O)c3ccc4c(c3)OCCO4)CCCC2)no1. The van der Waals surface area contributed by atoms with Gasteiger partial charge in [0.25, 0.3) is 5.91 Å². The highest BCUT2D eigenvalue weighted by atomic mass is 16.6. The number of hydrogen-bond acceptors (Lipinski definition) is 6. The summed E-state index contributed by atoms with van der Waals surface area (Å²) in [4.78, 5) is 17.1. The summed E-state index contributed by atoms with van der Waals surface area (Å²) in [5.41, 5.74) is -0.0204. The average molecular weight is 329 g/mol. The number of rotatable bonds is 3. The lowest BCUT2D eigenvalue weighted by Crippen LogP contribution is -2.44. The molecule has 1 N–H and O–H groups in total.